The van der Waals surface area contributed by atoms with Crippen molar-refractivity contribution in [2.24, 2.45) is 5.92 Å². The fourth-order valence-electron chi connectivity index (χ4n) is 3.00. The third-order valence-electron chi connectivity index (χ3n) is 4.30. The van der Waals surface area contributed by atoms with Crippen LogP contribution >= 0.6 is 0 Å². The second-order valence-electron chi connectivity index (χ2n) is 5.24. The number of rotatable bonds is 4. The third-order valence-corrected chi connectivity index (χ3v) is 4.30. The van der Waals surface area contributed by atoms with Crippen molar-refractivity contribution in [2.45, 2.75) is 57.7 Å². The van der Waals surface area contributed by atoms with E-state index in [1.807, 2.05) is 0 Å². The van der Waals surface area contributed by atoms with Crippen LogP contribution in [0.3, 0.4) is 0 Å². The van der Waals surface area contributed by atoms with Gasteiger partial charge in [-0.1, -0.05) is 6.92 Å². The highest BCUT2D eigenvalue weighted by atomic mass is 15.1. The van der Waals surface area contributed by atoms with E-state index in [1.54, 1.807) is 0 Å². The molecule has 2 nitrogen and oxygen atoms in total. The lowest BCUT2D eigenvalue weighted by atomic mass is 9.88. The first-order chi connectivity index (χ1) is 6.70. The normalized spacial score (nSPS) is 38.1. The topological polar surface area (TPSA) is 15.3 Å². The summed E-state index contributed by atoms with van der Waals surface area (Å²) in [6.07, 6.45) is 5.54. The lowest BCUT2D eigenvalue weighted by molar-refractivity contribution is 0.197. The highest BCUT2D eigenvalue weighted by molar-refractivity contribution is 4.98. The van der Waals surface area contributed by atoms with Gasteiger partial charge in [-0.2, -0.15) is 0 Å². The van der Waals surface area contributed by atoms with Crippen LogP contribution in [0.2, 0.25) is 0 Å². The molecule has 0 amide bonds. The summed E-state index contributed by atoms with van der Waals surface area (Å²) in [7, 11) is 2.28. The Kier molecular flexibility index (Phi) is 3.13. The molecule has 0 aromatic carbocycles. The standard InChI is InChI=1S/C12H24N2/c1-4-9(2)14(3)8-10-7-11-5-6-12(10)13-11/h9-13H,4-8H2,1-3H3. The number of fused-ring (bicyclic) bond motifs is 2. The van der Waals surface area contributed by atoms with Crippen molar-refractivity contribution in [3.63, 3.8) is 0 Å². The summed E-state index contributed by atoms with van der Waals surface area (Å²) >= 11 is 0. The minimum atomic E-state index is 0.745. The Morgan fingerprint density at radius 3 is 2.71 bits per heavy atom. The minimum absolute atomic E-state index is 0.745. The Balaban J connectivity index is 1.80. The van der Waals surface area contributed by atoms with Gasteiger partial charge in [-0.15, -0.1) is 0 Å². The molecular weight excluding hydrogens is 172 g/mol. The van der Waals surface area contributed by atoms with E-state index < -0.39 is 0 Å². The van der Waals surface area contributed by atoms with Crippen molar-refractivity contribution in [3.05, 3.63) is 0 Å². The van der Waals surface area contributed by atoms with Gasteiger partial charge in [0.2, 0.25) is 0 Å². The quantitative estimate of drug-likeness (QED) is 0.738. The molecule has 14 heavy (non-hydrogen) atoms. The molecule has 2 aliphatic rings. The summed E-state index contributed by atoms with van der Waals surface area (Å²) in [5, 5.41) is 3.71. The van der Waals surface area contributed by atoms with Gasteiger partial charge in [-0.25, -0.2) is 0 Å². The second kappa shape index (κ2) is 4.19. The molecule has 0 aromatic heterocycles. The number of nitrogens with zero attached hydrogens (tertiary/aromatic N) is 1. The molecule has 2 heteroatoms. The Bertz CT molecular complexity index is 193. The Morgan fingerprint density at radius 2 is 2.21 bits per heavy atom. The number of hydrogen-bond donors (Lipinski definition) is 1. The van der Waals surface area contributed by atoms with Gasteiger partial charge in [0.15, 0.2) is 0 Å². The molecule has 2 rings (SSSR count). The first-order valence-electron chi connectivity index (χ1n) is 6.17. The average molecular weight is 196 g/mol. The maximum absolute atomic E-state index is 3.71. The molecule has 0 radical (unpaired) electrons. The summed E-state index contributed by atoms with van der Waals surface area (Å²) < 4.78 is 0. The molecule has 1 N–H and O–H groups in total. The van der Waals surface area contributed by atoms with E-state index in [2.05, 4.69) is 31.1 Å². The second-order valence-corrected chi connectivity index (χ2v) is 5.24. The molecule has 2 bridgehead atoms. The number of hydrogen-bond acceptors (Lipinski definition) is 2. The summed E-state index contributed by atoms with van der Waals surface area (Å²) in [5.41, 5.74) is 0. The molecular formula is C12H24N2. The van der Waals surface area contributed by atoms with E-state index in [1.165, 1.54) is 32.2 Å². The fraction of sp³-hybridized carbons (Fsp3) is 1.00. The molecule has 2 heterocycles. The summed E-state index contributed by atoms with van der Waals surface area (Å²) in [6.45, 7) is 5.91. The number of nitrogens with one attached hydrogen (secondary N) is 1. The fourth-order valence-corrected chi connectivity index (χ4v) is 3.00. The first kappa shape index (κ1) is 10.4. The zero-order valence-electron chi connectivity index (χ0n) is 9.79. The van der Waals surface area contributed by atoms with Crippen LogP contribution in [0.1, 0.15) is 39.5 Å². The average Bonchev–Trinajstić information content (AvgIpc) is 2.77. The van der Waals surface area contributed by atoms with Gasteiger partial charge in [0.1, 0.15) is 0 Å². The molecule has 4 unspecified atom stereocenters. The molecule has 2 saturated heterocycles. The Labute approximate surface area is 88.1 Å². The van der Waals surface area contributed by atoms with Crippen LogP contribution < -0.4 is 5.32 Å². The molecule has 4 atom stereocenters. The van der Waals surface area contributed by atoms with Crippen molar-refractivity contribution in [1.29, 1.82) is 0 Å². The van der Waals surface area contributed by atoms with Crippen molar-refractivity contribution in [2.75, 3.05) is 13.6 Å². The van der Waals surface area contributed by atoms with Crippen molar-refractivity contribution < 1.29 is 0 Å². The van der Waals surface area contributed by atoms with Gasteiger partial charge >= 0.3 is 0 Å². The van der Waals surface area contributed by atoms with Gasteiger partial charge in [0.05, 0.1) is 0 Å². The molecule has 2 aliphatic heterocycles. The summed E-state index contributed by atoms with van der Waals surface area (Å²) in [6, 6.07) is 2.44. The van der Waals surface area contributed by atoms with E-state index in [0.717, 1.165) is 24.0 Å². The van der Waals surface area contributed by atoms with E-state index in [0.29, 0.717) is 0 Å². The van der Waals surface area contributed by atoms with Crippen LogP contribution in [0.5, 0.6) is 0 Å². The van der Waals surface area contributed by atoms with Crippen LogP contribution in [0, 0.1) is 5.92 Å². The molecule has 2 fully saturated rings. The largest absolute Gasteiger partial charge is 0.311 e. The molecule has 0 saturated carbocycles. The zero-order chi connectivity index (χ0) is 10.1. The van der Waals surface area contributed by atoms with Crippen molar-refractivity contribution in [3.8, 4) is 0 Å². The van der Waals surface area contributed by atoms with Crippen LogP contribution in [0.4, 0.5) is 0 Å². The van der Waals surface area contributed by atoms with E-state index in [9.17, 15) is 0 Å². The van der Waals surface area contributed by atoms with Crippen molar-refractivity contribution in [1.82, 2.24) is 10.2 Å². The predicted octanol–water partition coefficient (Wildman–Crippen LogP) is 1.86. The van der Waals surface area contributed by atoms with E-state index in [-0.39, 0.29) is 0 Å². The van der Waals surface area contributed by atoms with Gasteiger partial charge in [0, 0.05) is 24.7 Å². The maximum Gasteiger partial charge on any atom is 0.0111 e. The minimum Gasteiger partial charge on any atom is -0.311 e. The van der Waals surface area contributed by atoms with Crippen LogP contribution in [0.15, 0.2) is 0 Å². The lowest BCUT2D eigenvalue weighted by Gasteiger charge is -2.29. The van der Waals surface area contributed by atoms with Crippen LogP contribution in [0.25, 0.3) is 0 Å². The van der Waals surface area contributed by atoms with E-state index in [4.69, 9.17) is 0 Å². The zero-order valence-corrected chi connectivity index (χ0v) is 9.79. The van der Waals surface area contributed by atoms with Gasteiger partial charge in [-0.05, 0) is 45.6 Å². The SMILES string of the molecule is CCC(C)N(C)CC1CC2CCC1N2. The summed E-state index contributed by atoms with van der Waals surface area (Å²) in [4.78, 5) is 2.53. The monoisotopic (exact) mass is 196 g/mol. The van der Waals surface area contributed by atoms with Gasteiger partial charge in [-0.3, -0.25) is 0 Å². The van der Waals surface area contributed by atoms with Crippen LogP contribution in [-0.2, 0) is 0 Å². The smallest absolute Gasteiger partial charge is 0.0111 e. The maximum atomic E-state index is 3.71. The Morgan fingerprint density at radius 1 is 1.43 bits per heavy atom. The molecule has 0 spiro atoms. The van der Waals surface area contributed by atoms with Gasteiger partial charge < -0.3 is 10.2 Å². The predicted molar refractivity (Wildman–Crippen MR) is 60.4 cm³/mol. The highest BCUT2D eigenvalue weighted by Crippen LogP contribution is 2.33. The van der Waals surface area contributed by atoms with E-state index >= 15 is 0 Å². The first-order valence-corrected chi connectivity index (χ1v) is 6.17. The molecule has 0 aliphatic carbocycles. The van der Waals surface area contributed by atoms with Crippen molar-refractivity contribution >= 4 is 0 Å². The molecule has 82 valence electrons. The lowest BCUT2D eigenvalue weighted by Crippen LogP contribution is -2.37. The van der Waals surface area contributed by atoms with Gasteiger partial charge in [0.25, 0.3) is 0 Å². The highest BCUT2D eigenvalue weighted by Gasteiger charge is 2.39. The third kappa shape index (κ3) is 1.96. The Hall–Kier alpha value is -0.0800. The summed E-state index contributed by atoms with van der Waals surface area (Å²) in [5.74, 6) is 0.924. The molecule has 0 aromatic rings. The van der Waals surface area contributed by atoms with Crippen LogP contribution in [-0.4, -0.2) is 36.6 Å².